The highest BCUT2D eigenvalue weighted by atomic mass is 79.9. The second kappa shape index (κ2) is 6.53. The molecule has 0 saturated carbocycles. The predicted octanol–water partition coefficient (Wildman–Crippen LogP) is 4.38. The van der Waals surface area contributed by atoms with Gasteiger partial charge in [0.2, 0.25) is 0 Å². The minimum atomic E-state index is -3.79. The van der Waals surface area contributed by atoms with Crippen LogP contribution in [0.25, 0.3) is 0 Å². The van der Waals surface area contributed by atoms with Crippen molar-refractivity contribution in [1.82, 2.24) is 4.98 Å². The third kappa shape index (κ3) is 4.48. The zero-order valence-corrected chi connectivity index (χ0v) is 15.9. The Morgan fingerprint density at radius 3 is 2.22 bits per heavy atom. The number of sulfonamides is 1. The monoisotopic (exact) mass is 394 g/mol. The number of rotatable bonds is 3. The highest BCUT2D eigenvalue weighted by Gasteiger charge is 2.26. The summed E-state index contributed by atoms with van der Waals surface area (Å²) in [5.41, 5.74) is 1.51. The molecule has 1 aromatic carbocycles. The Balaban J connectivity index is 2.59. The lowest BCUT2D eigenvalue weighted by Gasteiger charge is -2.21. The maximum absolute atomic E-state index is 12.6. The normalized spacial score (nSPS) is 13.2. The molecule has 1 heterocycles. The molecule has 4 nitrogen and oxygen atoms in total. The maximum atomic E-state index is 12.6. The summed E-state index contributed by atoms with van der Waals surface area (Å²) in [7, 11) is -3.79. The van der Waals surface area contributed by atoms with Crippen LogP contribution in [-0.4, -0.2) is 19.1 Å². The summed E-state index contributed by atoms with van der Waals surface area (Å²) in [6.45, 7) is 7.66. The van der Waals surface area contributed by atoms with Crippen molar-refractivity contribution >= 4 is 31.7 Å². The molecule has 122 valence electrons. The van der Waals surface area contributed by atoms with E-state index in [1.807, 2.05) is 33.8 Å². The molecule has 0 bridgehead atoms. The van der Waals surface area contributed by atoms with Crippen LogP contribution in [0.3, 0.4) is 0 Å². The van der Waals surface area contributed by atoms with Gasteiger partial charge < -0.3 is 0 Å². The van der Waals surface area contributed by atoms with E-state index in [4.69, 9.17) is 0 Å². The average Bonchev–Trinajstić information content (AvgIpc) is 2.44. The SMILES string of the molecule is Cc1ccc(S(=O)(=O)/N=C(\c2cccc(Br)n2)C(C)(C)C)cc1. The molecule has 0 unspecified atom stereocenters. The highest BCUT2D eigenvalue weighted by molar-refractivity contribution is 9.10. The van der Waals surface area contributed by atoms with Crippen molar-refractivity contribution < 1.29 is 8.42 Å². The number of aryl methyl sites for hydroxylation is 1. The van der Waals surface area contributed by atoms with Gasteiger partial charge in [0.15, 0.2) is 0 Å². The highest BCUT2D eigenvalue weighted by Crippen LogP contribution is 2.25. The second-order valence-electron chi connectivity index (χ2n) is 6.32. The molecule has 0 saturated heterocycles. The first-order valence-corrected chi connectivity index (χ1v) is 9.38. The van der Waals surface area contributed by atoms with E-state index in [1.165, 1.54) is 0 Å². The Hall–Kier alpha value is -1.53. The van der Waals surface area contributed by atoms with Gasteiger partial charge in [-0.3, -0.25) is 0 Å². The van der Waals surface area contributed by atoms with Gasteiger partial charge in [-0.25, -0.2) is 4.98 Å². The summed E-state index contributed by atoms with van der Waals surface area (Å²) >= 11 is 3.31. The van der Waals surface area contributed by atoms with Crippen molar-refractivity contribution in [2.75, 3.05) is 0 Å². The number of hydrogen-bond acceptors (Lipinski definition) is 3. The maximum Gasteiger partial charge on any atom is 0.282 e. The molecule has 0 fully saturated rings. The topological polar surface area (TPSA) is 59.4 Å². The fourth-order valence-corrected chi connectivity index (χ4v) is 3.53. The lowest BCUT2D eigenvalue weighted by atomic mass is 9.88. The van der Waals surface area contributed by atoms with E-state index < -0.39 is 15.4 Å². The third-order valence-electron chi connectivity index (χ3n) is 3.20. The Morgan fingerprint density at radius 1 is 1.09 bits per heavy atom. The predicted molar refractivity (Wildman–Crippen MR) is 96.3 cm³/mol. The number of halogens is 1. The second-order valence-corrected chi connectivity index (χ2v) is 8.74. The van der Waals surface area contributed by atoms with Gasteiger partial charge in [0.25, 0.3) is 10.0 Å². The molecule has 1 aromatic heterocycles. The molecule has 2 rings (SSSR count). The van der Waals surface area contributed by atoms with E-state index in [0.29, 0.717) is 16.0 Å². The molecule has 6 heteroatoms. The molecule has 0 aliphatic rings. The molecule has 0 radical (unpaired) electrons. The first-order chi connectivity index (χ1) is 10.6. The standard InChI is InChI=1S/C17H19BrN2O2S/c1-12-8-10-13(11-9-12)23(21,22)20-16(17(2,3)4)14-6-5-7-15(18)19-14/h5-11H,1-4H3/b20-16+. The summed E-state index contributed by atoms with van der Waals surface area (Å²) in [4.78, 5) is 4.53. The van der Waals surface area contributed by atoms with Gasteiger partial charge in [-0.1, -0.05) is 44.5 Å². The number of benzene rings is 1. The number of nitrogens with zero attached hydrogens (tertiary/aromatic N) is 2. The Morgan fingerprint density at radius 2 is 1.70 bits per heavy atom. The fraction of sp³-hybridized carbons (Fsp3) is 0.294. The molecular weight excluding hydrogens is 376 g/mol. The molecule has 2 aromatic rings. The van der Waals surface area contributed by atoms with Crippen LogP contribution in [-0.2, 0) is 10.0 Å². The van der Waals surface area contributed by atoms with Crippen molar-refractivity contribution in [3.05, 3.63) is 58.3 Å². The zero-order valence-electron chi connectivity index (χ0n) is 13.5. The van der Waals surface area contributed by atoms with Gasteiger partial charge in [-0.15, -0.1) is 0 Å². The van der Waals surface area contributed by atoms with Crippen molar-refractivity contribution in [3.8, 4) is 0 Å². The minimum absolute atomic E-state index is 0.180. The molecule has 23 heavy (non-hydrogen) atoms. The van der Waals surface area contributed by atoms with E-state index in [-0.39, 0.29) is 4.90 Å². The van der Waals surface area contributed by atoms with Gasteiger partial charge in [0.05, 0.1) is 16.3 Å². The zero-order chi connectivity index (χ0) is 17.3. The summed E-state index contributed by atoms with van der Waals surface area (Å²) in [6.07, 6.45) is 0. The van der Waals surface area contributed by atoms with E-state index in [1.54, 1.807) is 36.4 Å². The molecule has 0 amide bonds. The van der Waals surface area contributed by atoms with Crippen LogP contribution in [0.2, 0.25) is 0 Å². The Labute approximate surface area is 145 Å². The summed E-state index contributed by atoms with van der Waals surface area (Å²) < 4.78 is 30.0. The Kier molecular flexibility index (Phi) is 5.06. The minimum Gasteiger partial charge on any atom is -0.240 e. The lowest BCUT2D eigenvalue weighted by Crippen LogP contribution is -2.24. The summed E-state index contributed by atoms with van der Waals surface area (Å²) in [6, 6.07) is 12.0. The lowest BCUT2D eigenvalue weighted by molar-refractivity contribution is 0.581. The Bertz CT molecular complexity index is 836. The molecule has 0 atom stereocenters. The quantitative estimate of drug-likeness (QED) is 0.573. The number of aromatic nitrogens is 1. The van der Waals surface area contributed by atoms with Gasteiger partial charge in [0.1, 0.15) is 4.60 Å². The first kappa shape index (κ1) is 17.8. The van der Waals surface area contributed by atoms with Crippen LogP contribution in [0.15, 0.2) is 56.4 Å². The van der Waals surface area contributed by atoms with Crippen molar-refractivity contribution in [1.29, 1.82) is 0 Å². The molecule has 0 N–H and O–H groups in total. The van der Waals surface area contributed by atoms with E-state index in [0.717, 1.165) is 5.56 Å². The summed E-state index contributed by atoms with van der Waals surface area (Å²) in [5.74, 6) is 0. The van der Waals surface area contributed by atoms with Crippen LogP contribution >= 0.6 is 15.9 Å². The third-order valence-corrected chi connectivity index (χ3v) is 4.93. The summed E-state index contributed by atoms with van der Waals surface area (Å²) in [5, 5.41) is 0. The van der Waals surface area contributed by atoms with Gasteiger partial charge in [-0.2, -0.15) is 12.8 Å². The molecular formula is C17H19BrN2O2S. The fourth-order valence-electron chi connectivity index (χ4n) is 1.99. The largest absolute Gasteiger partial charge is 0.282 e. The van der Waals surface area contributed by atoms with Crippen LogP contribution in [0.4, 0.5) is 0 Å². The van der Waals surface area contributed by atoms with E-state index in [2.05, 4.69) is 25.3 Å². The molecule has 0 aliphatic carbocycles. The van der Waals surface area contributed by atoms with E-state index in [9.17, 15) is 8.42 Å². The number of pyridine rings is 1. The van der Waals surface area contributed by atoms with E-state index >= 15 is 0 Å². The number of hydrogen-bond donors (Lipinski definition) is 0. The molecule has 0 spiro atoms. The van der Waals surface area contributed by atoms with Crippen molar-refractivity contribution in [3.63, 3.8) is 0 Å². The van der Waals surface area contributed by atoms with Gasteiger partial charge in [0, 0.05) is 5.41 Å². The molecule has 0 aliphatic heterocycles. The average molecular weight is 395 g/mol. The van der Waals surface area contributed by atoms with Crippen LogP contribution in [0.5, 0.6) is 0 Å². The first-order valence-electron chi connectivity index (χ1n) is 7.15. The van der Waals surface area contributed by atoms with Crippen LogP contribution in [0.1, 0.15) is 32.0 Å². The van der Waals surface area contributed by atoms with Gasteiger partial charge >= 0.3 is 0 Å². The van der Waals surface area contributed by atoms with Crippen LogP contribution in [0, 0.1) is 12.3 Å². The van der Waals surface area contributed by atoms with Gasteiger partial charge in [-0.05, 0) is 47.1 Å². The van der Waals surface area contributed by atoms with Crippen molar-refractivity contribution in [2.45, 2.75) is 32.6 Å². The smallest absolute Gasteiger partial charge is 0.240 e. The van der Waals surface area contributed by atoms with Crippen molar-refractivity contribution in [2.24, 2.45) is 9.81 Å². The van der Waals surface area contributed by atoms with Crippen LogP contribution < -0.4 is 0 Å².